The molecule has 0 unspecified atom stereocenters. The van der Waals surface area contributed by atoms with Crippen LogP contribution < -0.4 is 9.44 Å². The van der Waals surface area contributed by atoms with Gasteiger partial charge in [0, 0.05) is 13.6 Å². The Kier molecular flexibility index (Phi) is 5.55. The minimum Gasteiger partial charge on any atom is -0.480 e. The number of rotatable bonds is 7. The standard InChI is InChI=1S/C5H12N2O5S/c1-6-13(10,11)7-2-3-12-4-5(8)9/h6-7H,2-4H2,1H3,(H,8,9). The molecule has 0 aromatic rings. The van der Waals surface area contributed by atoms with Gasteiger partial charge in [-0.25, -0.2) is 14.2 Å². The molecule has 0 amide bonds. The van der Waals surface area contributed by atoms with Crippen molar-refractivity contribution in [2.24, 2.45) is 0 Å². The number of hydrogen-bond donors (Lipinski definition) is 3. The molecule has 0 spiro atoms. The Morgan fingerprint density at radius 3 is 2.62 bits per heavy atom. The number of nitrogens with one attached hydrogen (secondary N) is 2. The van der Waals surface area contributed by atoms with E-state index in [-0.39, 0.29) is 13.2 Å². The van der Waals surface area contributed by atoms with Crippen molar-refractivity contribution in [2.75, 3.05) is 26.8 Å². The van der Waals surface area contributed by atoms with E-state index in [1.54, 1.807) is 0 Å². The van der Waals surface area contributed by atoms with E-state index in [0.29, 0.717) is 0 Å². The quantitative estimate of drug-likeness (QED) is 0.429. The second kappa shape index (κ2) is 5.86. The number of aliphatic carboxylic acids is 1. The van der Waals surface area contributed by atoms with Gasteiger partial charge in [0.2, 0.25) is 0 Å². The van der Waals surface area contributed by atoms with Crippen molar-refractivity contribution in [3.63, 3.8) is 0 Å². The van der Waals surface area contributed by atoms with Gasteiger partial charge in [-0.3, -0.25) is 0 Å². The van der Waals surface area contributed by atoms with Gasteiger partial charge in [0.25, 0.3) is 10.2 Å². The van der Waals surface area contributed by atoms with E-state index in [9.17, 15) is 13.2 Å². The summed E-state index contributed by atoms with van der Waals surface area (Å²) in [4.78, 5) is 9.94. The second-order valence-electron chi connectivity index (χ2n) is 2.05. The molecule has 0 aliphatic heterocycles. The van der Waals surface area contributed by atoms with Gasteiger partial charge in [0.05, 0.1) is 6.61 Å². The van der Waals surface area contributed by atoms with Gasteiger partial charge >= 0.3 is 5.97 Å². The summed E-state index contributed by atoms with van der Waals surface area (Å²) in [6.07, 6.45) is 0. The molecule has 0 aromatic carbocycles. The summed E-state index contributed by atoms with van der Waals surface area (Å²) in [7, 11) is -2.18. The molecule has 0 aromatic heterocycles. The van der Waals surface area contributed by atoms with Crippen LogP contribution in [0.5, 0.6) is 0 Å². The Bertz CT molecular complexity index is 250. The number of ether oxygens (including phenoxy) is 1. The molecule has 0 rings (SSSR count). The number of carboxylic acid groups (broad SMARTS) is 1. The summed E-state index contributed by atoms with van der Waals surface area (Å²) in [5.41, 5.74) is 0. The van der Waals surface area contributed by atoms with E-state index in [0.717, 1.165) is 0 Å². The van der Waals surface area contributed by atoms with Crippen molar-refractivity contribution in [1.82, 2.24) is 9.44 Å². The van der Waals surface area contributed by atoms with Crippen LogP contribution in [-0.2, 0) is 19.7 Å². The van der Waals surface area contributed by atoms with Crippen molar-refractivity contribution in [2.45, 2.75) is 0 Å². The molecule has 78 valence electrons. The molecular weight excluding hydrogens is 200 g/mol. The largest absolute Gasteiger partial charge is 0.480 e. The first-order valence-electron chi connectivity index (χ1n) is 3.45. The van der Waals surface area contributed by atoms with Crippen LogP contribution in [0.1, 0.15) is 0 Å². The van der Waals surface area contributed by atoms with Gasteiger partial charge in [0.15, 0.2) is 0 Å². The fourth-order valence-electron chi connectivity index (χ4n) is 0.480. The summed E-state index contributed by atoms with van der Waals surface area (Å²) < 4.78 is 30.1. The second-order valence-corrected chi connectivity index (χ2v) is 3.75. The lowest BCUT2D eigenvalue weighted by molar-refractivity contribution is -0.142. The van der Waals surface area contributed by atoms with Crippen LogP contribution in [0, 0.1) is 0 Å². The molecule has 13 heavy (non-hydrogen) atoms. The summed E-state index contributed by atoms with van der Waals surface area (Å²) in [6, 6.07) is 0. The SMILES string of the molecule is CNS(=O)(=O)NCCOCC(=O)O. The number of carboxylic acids is 1. The predicted molar refractivity (Wildman–Crippen MR) is 44.4 cm³/mol. The first kappa shape index (κ1) is 12.3. The molecule has 8 heteroatoms. The van der Waals surface area contributed by atoms with Crippen LogP contribution >= 0.6 is 0 Å². The van der Waals surface area contributed by atoms with Gasteiger partial charge in [-0.05, 0) is 0 Å². The van der Waals surface area contributed by atoms with E-state index >= 15 is 0 Å². The number of hydrogen-bond acceptors (Lipinski definition) is 4. The van der Waals surface area contributed by atoms with Crippen molar-refractivity contribution in [3.05, 3.63) is 0 Å². The maximum absolute atomic E-state index is 10.7. The summed E-state index contributed by atoms with van der Waals surface area (Å²) >= 11 is 0. The molecule has 0 heterocycles. The van der Waals surface area contributed by atoms with Crippen LogP contribution in [-0.4, -0.2) is 46.3 Å². The first-order chi connectivity index (χ1) is 5.98. The summed E-state index contributed by atoms with van der Waals surface area (Å²) in [6.45, 7) is -0.370. The van der Waals surface area contributed by atoms with Gasteiger partial charge in [-0.15, -0.1) is 0 Å². The maximum Gasteiger partial charge on any atom is 0.329 e. The fourth-order valence-corrected chi connectivity index (χ4v) is 0.976. The maximum atomic E-state index is 10.7. The first-order valence-corrected chi connectivity index (χ1v) is 4.94. The van der Waals surface area contributed by atoms with Crippen molar-refractivity contribution >= 4 is 16.2 Å². The monoisotopic (exact) mass is 212 g/mol. The average molecular weight is 212 g/mol. The van der Waals surface area contributed by atoms with Crippen LogP contribution in [0.3, 0.4) is 0 Å². The Morgan fingerprint density at radius 1 is 1.54 bits per heavy atom. The molecular formula is C5H12N2O5S. The Balaban J connectivity index is 3.42. The molecule has 0 radical (unpaired) electrons. The Hall–Kier alpha value is -0.700. The van der Waals surface area contributed by atoms with E-state index < -0.39 is 22.8 Å². The lowest BCUT2D eigenvalue weighted by Gasteiger charge is -2.04. The average Bonchev–Trinajstić information content (AvgIpc) is 2.03. The minimum atomic E-state index is -3.45. The zero-order valence-electron chi connectivity index (χ0n) is 7.11. The van der Waals surface area contributed by atoms with E-state index in [1.165, 1.54) is 7.05 Å². The van der Waals surface area contributed by atoms with Crippen LogP contribution in [0.2, 0.25) is 0 Å². The van der Waals surface area contributed by atoms with Crippen molar-refractivity contribution < 1.29 is 23.1 Å². The zero-order chi connectivity index (χ0) is 10.3. The Morgan fingerprint density at radius 2 is 2.15 bits per heavy atom. The predicted octanol–water partition coefficient (Wildman–Crippen LogP) is -1.86. The third kappa shape index (κ3) is 7.65. The molecule has 0 bridgehead atoms. The zero-order valence-corrected chi connectivity index (χ0v) is 7.93. The van der Waals surface area contributed by atoms with Crippen LogP contribution in [0.15, 0.2) is 0 Å². The highest BCUT2D eigenvalue weighted by atomic mass is 32.2. The van der Waals surface area contributed by atoms with Gasteiger partial charge in [-0.2, -0.15) is 8.42 Å². The molecule has 0 aliphatic carbocycles. The van der Waals surface area contributed by atoms with Crippen molar-refractivity contribution in [1.29, 1.82) is 0 Å². The van der Waals surface area contributed by atoms with E-state index in [1.807, 2.05) is 4.72 Å². The van der Waals surface area contributed by atoms with E-state index in [2.05, 4.69) is 9.46 Å². The Labute approximate surface area is 76.3 Å². The van der Waals surface area contributed by atoms with Crippen molar-refractivity contribution in [3.8, 4) is 0 Å². The highest BCUT2D eigenvalue weighted by Crippen LogP contribution is 1.76. The molecule has 0 aliphatic rings. The molecule has 7 nitrogen and oxygen atoms in total. The third-order valence-electron chi connectivity index (χ3n) is 1.03. The van der Waals surface area contributed by atoms with Gasteiger partial charge < -0.3 is 9.84 Å². The van der Waals surface area contributed by atoms with E-state index in [4.69, 9.17) is 5.11 Å². The van der Waals surface area contributed by atoms with Crippen LogP contribution in [0.25, 0.3) is 0 Å². The van der Waals surface area contributed by atoms with Crippen LogP contribution in [0.4, 0.5) is 0 Å². The van der Waals surface area contributed by atoms with Gasteiger partial charge in [-0.1, -0.05) is 0 Å². The molecule has 3 N–H and O–H groups in total. The summed E-state index contributed by atoms with van der Waals surface area (Å²) in [5, 5.41) is 8.14. The highest BCUT2D eigenvalue weighted by Gasteiger charge is 2.03. The topological polar surface area (TPSA) is 105 Å². The number of carbonyl (C=O) groups is 1. The normalized spacial score (nSPS) is 11.5. The third-order valence-corrected chi connectivity index (χ3v) is 2.15. The molecule has 0 saturated carbocycles. The molecule has 0 saturated heterocycles. The lowest BCUT2D eigenvalue weighted by atomic mass is 10.7. The fraction of sp³-hybridized carbons (Fsp3) is 0.800. The molecule has 0 fully saturated rings. The smallest absolute Gasteiger partial charge is 0.329 e. The summed E-state index contributed by atoms with van der Waals surface area (Å²) in [5.74, 6) is -1.09. The lowest BCUT2D eigenvalue weighted by Crippen LogP contribution is -2.36. The minimum absolute atomic E-state index is 0.0210. The highest BCUT2D eigenvalue weighted by molar-refractivity contribution is 7.87. The van der Waals surface area contributed by atoms with Gasteiger partial charge in [0.1, 0.15) is 6.61 Å². The molecule has 0 atom stereocenters.